The van der Waals surface area contributed by atoms with Crippen LogP contribution in [0.15, 0.2) is 128 Å². The molecule has 1 aliphatic heterocycles. The maximum absolute atomic E-state index is 6.54. The molecule has 0 atom stereocenters. The minimum absolute atomic E-state index is 0.0127. The van der Waals surface area contributed by atoms with Crippen molar-refractivity contribution in [3.63, 3.8) is 0 Å². The van der Waals surface area contributed by atoms with Crippen LogP contribution in [0.5, 0.6) is 11.5 Å². The van der Waals surface area contributed by atoms with Crippen molar-refractivity contribution in [1.82, 2.24) is 19.0 Å². The fourth-order valence-electron chi connectivity index (χ4n) is 6.38. The Morgan fingerprint density at radius 3 is 2.13 bits per heavy atom. The summed E-state index contributed by atoms with van der Waals surface area (Å²) >= 11 is 0. The van der Waals surface area contributed by atoms with E-state index in [-0.39, 0.29) is 5.41 Å². The van der Waals surface area contributed by atoms with Crippen LogP contribution in [-0.4, -0.2) is 32.7 Å². The number of fused-ring (bicyclic) bond motifs is 5. The van der Waals surface area contributed by atoms with Crippen LogP contribution in [0, 0.1) is 0 Å². The maximum Gasteiger partial charge on any atom is 0.137 e. The molecule has 4 heterocycles. The van der Waals surface area contributed by atoms with Gasteiger partial charge >= 0.3 is 0 Å². The molecule has 0 amide bonds. The first-order chi connectivity index (χ1) is 21.8. The van der Waals surface area contributed by atoms with E-state index in [0.717, 1.165) is 62.8 Å². The number of nitrogens with zero attached hydrogens (tertiary/aromatic N) is 5. The van der Waals surface area contributed by atoms with Gasteiger partial charge < -0.3 is 19.1 Å². The molecule has 0 aliphatic carbocycles. The van der Waals surface area contributed by atoms with Crippen LogP contribution in [0.2, 0.25) is 0 Å². The Morgan fingerprint density at radius 2 is 1.38 bits per heavy atom. The van der Waals surface area contributed by atoms with E-state index in [2.05, 4.69) is 156 Å². The quantitative estimate of drug-likeness (QED) is 0.201. The normalized spacial score (nSPS) is 13.5. The molecule has 0 fully saturated rings. The number of ether oxygens (including phenoxy) is 1. The summed E-state index contributed by atoms with van der Waals surface area (Å²) in [5.41, 5.74) is 7.92. The summed E-state index contributed by atoms with van der Waals surface area (Å²) in [4.78, 5) is 9.40. The summed E-state index contributed by atoms with van der Waals surface area (Å²) in [5.74, 6) is 2.45. The topological polar surface area (TPSA) is 38.5 Å². The average molecular weight is 590 g/mol. The van der Waals surface area contributed by atoms with E-state index in [1.807, 2.05) is 18.3 Å². The third kappa shape index (κ3) is 4.61. The van der Waals surface area contributed by atoms with Crippen LogP contribution in [0.1, 0.15) is 26.3 Å². The van der Waals surface area contributed by atoms with Gasteiger partial charge in [-0.1, -0.05) is 69.3 Å². The van der Waals surface area contributed by atoms with E-state index >= 15 is 0 Å². The zero-order chi connectivity index (χ0) is 30.7. The third-order valence-corrected chi connectivity index (χ3v) is 8.66. The molecule has 0 radical (unpaired) electrons. The number of pyridine rings is 1. The van der Waals surface area contributed by atoms with Gasteiger partial charge in [-0.05, 0) is 59.5 Å². The number of aromatic nitrogens is 3. The Hall–Kier alpha value is -5.49. The number of benzene rings is 4. The molecule has 6 heteroatoms. The SMILES string of the molecule is CN1C=CN(c2cccc(Oc3ccc4c(c3)n(-c3ccc(C(C)(C)C)cn3)c3c5ccccc5n(-c5ccccc5)c43)c2)C1. The highest BCUT2D eigenvalue weighted by molar-refractivity contribution is 6.20. The lowest BCUT2D eigenvalue weighted by Crippen LogP contribution is -2.21. The van der Waals surface area contributed by atoms with Gasteiger partial charge in [0, 0.05) is 59.9 Å². The van der Waals surface area contributed by atoms with Crippen molar-refractivity contribution < 1.29 is 4.74 Å². The molecule has 0 spiro atoms. The lowest BCUT2D eigenvalue weighted by atomic mass is 9.88. The largest absolute Gasteiger partial charge is 0.457 e. The first-order valence-corrected chi connectivity index (χ1v) is 15.4. The van der Waals surface area contributed by atoms with Crippen LogP contribution in [0.4, 0.5) is 5.69 Å². The second-order valence-electron chi connectivity index (χ2n) is 12.8. The molecule has 222 valence electrons. The van der Waals surface area contributed by atoms with Crippen molar-refractivity contribution in [3.8, 4) is 23.0 Å². The Bertz CT molecular complexity index is 2220. The Morgan fingerprint density at radius 1 is 0.644 bits per heavy atom. The predicted molar refractivity (Wildman–Crippen MR) is 185 cm³/mol. The van der Waals surface area contributed by atoms with Crippen LogP contribution in [0.3, 0.4) is 0 Å². The minimum atomic E-state index is 0.0127. The summed E-state index contributed by atoms with van der Waals surface area (Å²) in [7, 11) is 2.07. The predicted octanol–water partition coefficient (Wildman–Crippen LogP) is 9.39. The number of anilines is 1. The maximum atomic E-state index is 6.54. The molecule has 6 nitrogen and oxygen atoms in total. The van der Waals surface area contributed by atoms with Crippen LogP contribution in [0.25, 0.3) is 44.3 Å². The molecular formula is C39H35N5O. The zero-order valence-electron chi connectivity index (χ0n) is 26.0. The van der Waals surface area contributed by atoms with Crippen LogP contribution < -0.4 is 9.64 Å². The van der Waals surface area contributed by atoms with Crippen molar-refractivity contribution in [2.24, 2.45) is 0 Å². The van der Waals surface area contributed by atoms with Gasteiger partial charge in [0.2, 0.25) is 0 Å². The second kappa shape index (κ2) is 10.3. The molecule has 0 N–H and O–H groups in total. The van der Waals surface area contributed by atoms with Crippen LogP contribution in [-0.2, 0) is 5.41 Å². The molecule has 4 aromatic carbocycles. The molecule has 0 saturated carbocycles. The average Bonchev–Trinajstić information content (AvgIpc) is 3.73. The van der Waals surface area contributed by atoms with Gasteiger partial charge in [0.25, 0.3) is 0 Å². The fourth-order valence-corrected chi connectivity index (χ4v) is 6.38. The molecule has 0 unspecified atom stereocenters. The molecule has 1 aliphatic rings. The number of rotatable bonds is 5. The molecule has 8 rings (SSSR count). The van der Waals surface area contributed by atoms with E-state index < -0.39 is 0 Å². The van der Waals surface area contributed by atoms with Crippen molar-refractivity contribution in [3.05, 3.63) is 133 Å². The molecule has 0 bridgehead atoms. The minimum Gasteiger partial charge on any atom is -0.457 e. The molecule has 3 aromatic heterocycles. The Balaban J connectivity index is 1.34. The monoisotopic (exact) mass is 589 g/mol. The van der Waals surface area contributed by atoms with Gasteiger partial charge in [-0.15, -0.1) is 0 Å². The zero-order valence-corrected chi connectivity index (χ0v) is 26.0. The standard InChI is InChI=1S/C39H35N5O/c1-39(2,3)27-17-20-36(40-25-27)44-35-24-31(45-30-14-10-13-29(23-30)42-22-21-41(4)26-42)18-19-33(35)37-38(44)32-15-8-9-16-34(32)43(37)28-11-6-5-7-12-28/h5-25H,26H2,1-4H3. The fraction of sp³-hybridized carbons (Fsp3) is 0.154. The highest BCUT2D eigenvalue weighted by Crippen LogP contribution is 2.42. The van der Waals surface area contributed by atoms with Crippen molar-refractivity contribution >= 4 is 38.5 Å². The number of hydrogen-bond donors (Lipinski definition) is 0. The van der Waals surface area contributed by atoms with Crippen molar-refractivity contribution in [2.45, 2.75) is 26.2 Å². The summed E-state index contributed by atoms with van der Waals surface area (Å²) in [6, 6.07) is 38.2. The van der Waals surface area contributed by atoms with Gasteiger partial charge in [0.15, 0.2) is 0 Å². The van der Waals surface area contributed by atoms with Gasteiger partial charge in [-0.3, -0.25) is 4.57 Å². The summed E-state index contributed by atoms with van der Waals surface area (Å²) in [5, 5.41) is 2.31. The Labute approximate surface area is 263 Å². The second-order valence-corrected chi connectivity index (χ2v) is 12.8. The van der Waals surface area contributed by atoms with Gasteiger partial charge in [-0.2, -0.15) is 0 Å². The van der Waals surface area contributed by atoms with E-state index in [1.54, 1.807) is 0 Å². The summed E-state index contributed by atoms with van der Waals surface area (Å²) < 4.78 is 11.2. The number of hydrogen-bond acceptors (Lipinski definition) is 4. The van der Waals surface area contributed by atoms with E-state index in [0.29, 0.717) is 0 Å². The first-order valence-electron chi connectivity index (χ1n) is 15.4. The summed E-state index contributed by atoms with van der Waals surface area (Å²) in [6.07, 6.45) is 6.18. The van der Waals surface area contributed by atoms with E-state index in [9.17, 15) is 0 Å². The van der Waals surface area contributed by atoms with Crippen LogP contribution >= 0.6 is 0 Å². The lowest BCUT2D eigenvalue weighted by Gasteiger charge is -2.19. The van der Waals surface area contributed by atoms with Crippen molar-refractivity contribution in [1.29, 1.82) is 0 Å². The van der Waals surface area contributed by atoms with Gasteiger partial charge in [0.05, 0.1) is 28.7 Å². The molecular weight excluding hydrogens is 554 g/mol. The van der Waals surface area contributed by atoms with Gasteiger partial charge in [-0.25, -0.2) is 4.98 Å². The van der Waals surface area contributed by atoms with E-state index in [4.69, 9.17) is 9.72 Å². The third-order valence-electron chi connectivity index (χ3n) is 8.66. The van der Waals surface area contributed by atoms with E-state index in [1.165, 1.54) is 10.9 Å². The first kappa shape index (κ1) is 27.1. The molecule has 45 heavy (non-hydrogen) atoms. The Kier molecular flexibility index (Phi) is 6.20. The molecule has 7 aromatic rings. The highest BCUT2D eigenvalue weighted by Gasteiger charge is 2.23. The van der Waals surface area contributed by atoms with Crippen molar-refractivity contribution in [2.75, 3.05) is 18.6 Å². The number of para-hydroxylation sites is 2. The smallest absolute Gasteiger partial charge is 0.137 e. The molecule has 0 saturated heterocycles. The lowest BCUT2D eigenvalue weighted by molar-refractivity contribution is 0.481. The van der Waals surface area contributed by atoms with Gasteiger partial charge in [0.1, 0.15) is 17.3 Å². The highest BCUT2D eigenvalue weighted by atomic mass is 16.5. The summed E-state index contributed by atoms with van der Waals surface area (Å²) in [6.45, 7) is 7.47.